The molecule has 3 heteroatoms. The minimum Gasteiger partial charge on any atom is -0.481 e. The van der Waals surface area contributed by atoms with Crippen LogP contribution >= 0.6 is 0 Å². The van der Waals surface area contributed by atoms with Crippen molar-refractivity contribution in [3.05, 3.63) is 132 Å². The van der Waals surface area contributed by atoms with E-state index >= 15 is 0 Å². The first-order valence-electron chi connectivity index (χ1n) is 11.4. The van der Waals surface area contributed by atoms with E-state index in [0.717, 1.165) is 16.7 Å². The SMILES string of the molecule is C=C[C@H](c1ccccc1)[C@H](C(=O)O)[C@H](/C=C/C)N(Cc1ccccc1)[C@@H](C)c1ccccc1. The van der Waals surface area contributed by atoms with Crippen LogP contribution in [-0.4, -0.2) is 22.0 Å². The number of rotatable bonds is 11. The number of hydrogen-bond acceptors (Lipinski definition) is 2. The maximum absolute atomic E-state index is 12.8. The second-order valence-corrected chi connectivity index (χ2v) is 8.30. The summed E-state index contributed by atoms with van der Waals surface area (Å²) in [7, 11) is 0. The summed E-state index contributed by atoms with van der Waals surface area (Å²) < 4.78 is 0. The van der Waals surface area contributed by atoms with E-state index in [1.807, 2.05) is 85.8 Å². The molecule has 170 valence electrons. The summed E-state index contributed by atoms with van der Waals surface area (Å²) in [6, 6.07) is 30.0. The molecule has 3 aromatic carbocycles. The largest absolute Gasteiger partial charge is 0.481 e. The van der Waals surface area contributed by atoms with Gasteiger partial charge in [0.15, 0.2) is 0 Å². The molecule has 0 aliphatic heterocycles. The van der Waals surface area contributed by atoms with Crippen LogP contribution in [-0.2, 0) is 11.3 Å². The highest BCUT2D eigenvalue weighted by atomic mass is 16.4. The summed E-state index contributed by atoms with van der Waals surface area (Å²) in [6.45, 7) is 8.76. The topological polar surface area (TPSA) is 40.5 Å². The van der Waals surface area contributed by atoms with E-state index in [1.54, 1.807) is 6.08 Å². The van der Waals surface area contributed by atoms with Gasteiger partial charge in [0, 0.05) is 24.5 Å². The normalized spacial score (nSPS) is 15.1. The minimum absolute atomic E-state index is 0.00990. The number of carboxylic acid groups (broad SMARTS) is 1. The smallest absolute Gasteiger partial charge is 0.309 e. The standard InChI is InChI=1S/C30H33NO2/c1-4-15-28(29(30(32)33)27(5-2)26-20-13-8-14-21-26)31(22-24-16-9-6-10-17-24)23(3)25-18-11-7-12-19-25/h4-21,23,27-29H,2,22H2,1,3H3,(H,32,33)/b15-4+/t23-,27+,28-,29-/m0/s1. The predicted molar refractivity (Wildman–Crippen MR) is 136 cm³/mol. The van der Waals surface area contributed by atoms with Crippen molar-refractivity contribution in [2.45, 2.75) is 38.4 Å². The molecule has 0 radical (unpaired) electrons. The number of benzene rings is 3. The predicted octanol–water partition coefficient (Wildman–Crippen LogP) is 6.87. The van der Waals surface area contributed by atoms with Crippen LogP contribution in [0.1, 0.15) is 42.5 Å². The van der Waals surface area contributed by atoms with E-state index in [9.17, 15) is 9.90 Å². The van der Waals surface area contributed by atoms with Crippen molar-refractivity contribution >= 4 is 5.97 Å². The van der Waals surface area contributed by atoms with Gasteiger partial charge >= 0.3 is 5.97 Å². The highest BCUT2D eigenvalue weighted by Gasteiger charge is 2.38. The van der Waals surface area contributed by atoms with Crippen LogP contribution in [0.25, 0.3) is 0 Å². The average molecular weight is 440 g/mol. The molecule has 0 amide bonds. The average Bonchev–Trinajstić information content (AvgIpc) is 2.86. The third-order valence-corrected chi connectivity index (χ3v) is 6.24. The lowest BCUT2D eigenvalue weighted by atomic mass is 9.79. The number of allylic oxidation sites excluding steroid dienone is 2. The molecular weight excluding hydrogens is 406 g/mol. The van der Waals surface area contributed by atoms with Crippen LogP contribution < -0.4 is 0 Å². The molecule has 0 aliphatic rings. The van der Waals surface area contributed by atoms with Gasteiger partial charge in [0.25, 0.3) is 0 Å². The molecule has 0 saturated carbocycles. The molecule has 0 aliphatic carbocycles. The van der Waals surface area contributed by atoms with Gasteiger partial charge in [-0.25, -0.2) is 0 Å². The van der Waals surface area contributed by atoms with Crippen LogP contribution in [0.3, 0.4) is 0 Å². The molecule has 4 atom stereocenters. The Morgan fingerprint density at radius 3 is 1.91 bits per heavy atom. The highest BCUT2D eigenvalue weighted by Crippen LogP contribution is 2.36. The molecular formula is C30H33NO2. The quantitative estimate of drug-likeness (QED) is 0.332. The van der Waals surface area contributed by atoms with Crippen LogP contribution in [0.2, 0.25) is 0 Å². The van der Waals surface area contributed by atoms with Gasteiger partial charge in [-0.1, -0.05) is 109 Å². The number of hydrogen-bond donors (Lipinski definition) is 1. The van der Waals surface area contributed by atoms with Gasteiger partial charge in [0.05, 0.1) is 5.92 Å². The maximum Gasteiger partial charge on any atom is 0.309 e. The molecule has 0 saturated heterocycles. The third-order valence-electron chi connectivity index (χ3n) is 6.24. The van der Waals surface area contributed by atoms with Gasteiger partial charge in [-0.15, -0.1) is 6.58 Å². The van der Waals surface area contributed by atoms with Crippen LogP contribution in [0.15, 0.2) is 116 Å². The number of carbonyl (C=O) groups is 1. The molecule has 3 rings (SSSR count). The lowest BCUT2D eigenvalue weighted by molar-refractivity contribution is -0.144. The van der Waals surface area contributed by atoms with E-state index in [-0.39, 0.29) is 18.0 Å². The highest BCUT2D eigenvalue weighted by molar-refractivity contribution is 5.73. The summed E-state index contributed by atoms with van der Waals surface area (Å²) in [5, 5.41) is 10.5. The van der Waals surface area contributed by atoms with Crippen LogP contribution in [0, 0.1) is 5.92 Å². The summed E-state index contributed by atoms with van der Waals surface area (Å²) in [6.07, 6.45) is 5.76. The van der Waals surface area contributed by atoms with Crippen molar-refractivity contribution in [3.63, 3.8) is 0 Å². The zero-order chi connectivity index (χ0) is 23.6. The van der Waals surface area contributed by atoms with Crippen molar-refractivity contribution in [2.75, 3.05) is 0 Å². The van der Waals surface area contributed by atoms with Gasteiger partial charge in [-0.3, -0.25) is 9.69 Å². The van der Waals surface area contributed by atoms with Gasteiger partial charge in [0.2, 0.25) is 0 Å². The van der Waals surface area contributed by atoms with Crippen molar-refractivity contribution in [1.29, 1.82) is 0 Å². The van der Waals surface area contributed by atoms with Gasteiger partial charge in [-0.05, 0) is 30.5 Å². The summed E-state index contributed by atoms with van der Waals surface area (Å²) in [5.74, 6) is -1.85. The van der Waals surface area contributed by atoms with Crippen molar-refractivity contribution < 1.29 is 9.90 Å². The van der Waals surface area contributed by atoms with Crippen LogP contribution in [0.4, 0.5) is 0 Å². The number of nitrogens with zero attached hydrogens (tertiary/aromatic N) is 1. The summed E-state index contributed by atoms with van der Waals surface area (Å²) >= 11 is 0. The lowest BCUT2D eigenvalue weighted by Crippen LogP contribution is -2.45. The fourth-order valence-corrected chi connectivity index (χ4v) is 4.53. The van der Waals surface area contributed by atoms with E-state index in [1.165, 1.54) is 0 Å². The molecule has 0 fully saturated rings. The molecule has 3 nitrogen and oxygen atoms in total. The van der Waals surface area contributed by atoms with Crippen molar-refractivity contribution in [3.8, 4) is 0 Å². The van der Waals surface area contributed by atoms with Gasteiger partial charge < -0.3 is 5.11 Å². The summed E-state index contributed by atoms with van der Waals surface area (Å²) in [4.78, 5) is 15.1. The van der Waals surface area contributed by atoms with Crippen molar-refractivity contribution in [2.24, 2.45) is 5.92 Å². The molecule has 0 unspecified atom stereocenters. The van der Waals surface area contributed by atoms with Crippen LogP contribution in [0.5, 0.6) is 0 Å². The van der Waals surface area contributed by atoms with E-state index in [2.05, 4.69) is 42.7 Å². The number of aliphatic carboxylic acids is 1. The first-order chi connectivity index (χ1) is 16.1. The Morgan fingerprint density at radius 1 is 0.909 bits per heavy atom. The van der Waals surface area contributed by atoms with Gasteiger partial charge in [0.1, 0.15) is 0 Å². The Hall–Kier alpha value is -3.43. The lowest BCUT2D eigenvalue weighted by Gasteiger charge is -2.40. The second kappa shape index (κ2) is 12.0. The zero-order valence-corrected chi connectivity index (χ0v) is 19.4. The Balaban J connectivity index is 2.10. The molecule has 33 heavy (non-hydrogen) atoms. The van der Waals surface area contributed by atoms with E-state index in [0.29, 0.717) is 6.54 Å². The molecule has 0 spiro atoms. The van der Waals surface area contributed by atoms with E-state index < -0.39 is 11.9 Å². The molecule has 3 aromatic rings. The molecule has 0 aromatic heterocycles. The summed E-state index contributed by atoms with van der Waals surface area (Å²) in [5.41, 5.74) is 3.26. The Labute approximate surface area is 197 Å². The van der Waals surface area contributed by atoms with E-state index in [4.69, 9.17) is 0 Å². The first-order valence-corrected chi connectivity index (χ1v) is 11.4. The third kappa shape index (κ3) is 6.09. The van der Waals surface area contributed by atoms with Crippen molar-refractivity contribution in [1.82, 2.24) is 4.90 Å². The maximum atomic E-state index is 12.8. The Kier molecular flexibility index (Phi) is 8.79. The Morgan fingerprint density at radius 2 is 1.42 bits per heavy atom. The molecule has 1 N–H and O–H groups in total. The zero-order valence-electron chi connectivity index (χ0n) is 19.4. The molecule has 0 heterocycles. The fourth-order valence-electron chi connectivity index (χ4n) is 4.53. The fraction of sp³-hybridized carbons (Fsp3) is 0.233. The monoisotopic (exact) mass is 439 g/mol. The van der Waals surface area contributed by atoms with Gasteiger partial charge in [-0.2, -0.15) is 0 Å². The second-order valence-electron chi connectivity index (χ2n) is 8.30. The first kappa shape index (κ1) is 24.2. The minimum atomic E-state index is -0.829. The molecule has 0 bridgehead atoms. The Bertz CT molecular complexity index is 1030. The number of carboxylic acids is 1.